The van der Waals surface area contributed by atoms with E-state index in [9.17, 15) is 0 Å². The van der Waals surface area contributed by atoms with Crippen molar-refractivity contribution in [3.05, 3.63) is 23.9 Å². The number of pyridine rings is 1. The van der Waals surface area contributed by atoms with Gasteiger partial charge in [0.05, 0.1) is 6.61 Å². The third kappa shape index (κ3) is 3.65. The maximum atomic E-state index is 5.00. The topological polar surface area (TPSA) is 34.2 Å². The average molecular weight is 212 g/mol. The largest absolute Gasteiger partial charge is 0.384 e. The Balaban J connectivity index is 2.55. The molecule has 0 aliphatic heterocycles. The lowest BCUT2D eigenvalue weighted by molar-refractivity contribution is 0.218. The minimum absolute atomic E-state index is 0.764. The van der Waals surface area contributed by atoms with E-state index < -0.39 is 0 Å². The standard InChI is InChI=1S/C10H16N2OS/c1-11-8-9-4-3-5-12-10(9)14-7-6-13-2/h3-5,11H,6-8H2,1-2H3. The first kappa shape index (κ1) is 11.5. The van der Waals surface area contributed by atoms with Gasteiger partial charge < -0.3 is 10.1 Å². The van der Waals surface area contributed by atoms with Crippen molar-refractivity contribution in [1.29, 1.82) is 0 Å². The van der Waals surface area contributed by atoms with E-state index in [4.69, 9.17) is 4.74 Å². The van der Waals surface area contributed by atoms with Gasteiger partial charge in [-0.2, -0.15) is 0 Å². The zero-order valence-electron chi connectivity index (χ0n) is 8.62. The van der Waals surface area contributed by atoms with Crippen LogP contribution in [0, 0.1) is 0 Å². The van der Waals surface area contributed by atoms with Crippen LogP contribution in [-0.4, -0.2) is 31.5 Å². The summed E-state index contributed by atoms with van der Waals surface area (Å²) in [5.74, 6) is 0.949. The molecule has 0 atom stereocenters. The molecule has 0 amide bonds. The van der Waals surface area contributed by atoms with E-state index in [0.717, 1.165) is 23.9 Å². The molecular weight excluding hydrogens is 196 g/mol. The molecule has 0 aliphatic rings. The van der Waals surface area contributed by atoms with Crippen LogP contribution in [0.1, 0.15) is 5.56 Å². The highest BCUT2D eigenvalue weighted by Gasteiger charge is 2.02. The molecule has 1 N–H and O–H groups in total. The van der Waals surface area contributed by atoms with E-state index >= 15 is 0 Å². The Morgan fingerprint density at radius 1 is 1.57 bits per heavy atom. The molecule has 0 bridgehead atoms. The summed E-state index contributed by atoms with van der Waals surface area (Å²) >= 11 is 1.74. The van der Waals surface area contributed by atoms with Gasteiger partial charge in [0.1, 0.15) is 5.03 Å². The highest BCUT2D eigenvalue weighted by molar-refractivity contribution is 7.99. The average Bonchev–Trinajstić information content (AvgIpc) is 2.21. The molecule has 1 rings (SSSR count). The fourth-order valence-corrected chi connectivity index (χ4v) is 2.01. The van der Waals surface area contributed by atoms with E-state index in [-0.39, 0.29) is 0 Å². The first-order valence-corrected chi connectivity index (χ1v) is 5.57. The molecule has 0 saturated heterocycles. The van der Waals surface area contributed by atoms with Gasteiger partial charge in [0, 0.05) is 25.6 Å². The maximum Gasteiger partial charge on any atom is 0.101 e. The lowest BCUT2D eigenvalue weighted by Gasteiger charge is -2.06. The highest BCUT2D eigenvalue weighted by Crippen LogP contribution is 2.19. The predicted molar refractivity (Wildman–Crippen MR) is 59.6 cm³/mol. The van der Waals surface area contributed by atoms with E-state index in [1.54, 1.807) is 18.9 Å². The second kappa shape index (κ2) is 6.81. The number of nitrogens with zero attached hydrogens (tertiary/aromatic N) is 1. The van der Waals surface area contributed by atoms with Crippen molar-refractivity contribution in [3.63, 3.8) is 0 Å². The summed E-state index contributed by atoms with van der Waals surface area (Å²) in [4.78, 5) is 4.34. The highest BCUT2D eigenvalue weighted by atomic mass is 32.2. The normalized spacial score (nSPS) is 10.4. The molecule has 14 heavy (non-hydrogen) atoms. The van der Waals surface area contributed by atoms with Crippen molar-refractivity contribution < 1.29 is 4.74 Å². The Kier molecular flexibility index (Phi) is 5.59. The Bertz CT molecular complexity index is 268. The van der Waals surface area contributed by atoms with Crippen molar-refractivity contribution >= 4 is 11.8 Å². The fourth-order valence-electron chi connectivity index (χ4n) is 1.10. The molecular formula is C10H16N2OS. The number of nitrogens with one attached hydrogen (secondary N) is 1. The number of hydrogen-bond acceptors (Lipinski definition) is 4. The minimum atomic E-state index is 0.764. The summed E-state index contributed by atoms with van der Waals surface area (Å²) in [7, 11) is 3.66. The Labute approximate surface area is 89.3 Å². The molecule has 78 valence electrons. The lowest BCUT2D eigenvalue weighted by Crippen LogP contribution is -2.07. The zero-order valence-corrected chi connectivity index (χ0v) is 9.43. The van der Waals surface area contributed by atoms with Crippen LogP contribution in [0.3, 0.4) is 0 Å². The maximum absolute atomic E-state index is 5.00. The number of hydrogen-bond donors (Lipinski definition) is 1. The number of aromatic nitrogens is 1. The predicted octanol–water partition coefficient (Wildman–Crippen LogP) is 1.54. The quantitative estimate of drug-likeness (QED) is 0.573. The molecule has 1 aromatic rings. The molecule has 0 unspecified atom stereocenters. The number of ether oxygens (including phenoxy) is 1. The van der Waals surface area contributed by atoms with Crippen LogP contribution < -0.4 is 5.32 Å². The fraction of sp³-hybridized carbons (Fsp3) is 0.500. The molecule has 0 aromatic carbocycles. The summed E-state index contributed by atoms with van der Waals surface area (Å²) in [5.41, 5.74) is 1.25. The van der Waals surface area contributed by atoms with Crippen molar-refractivity contribution in [2.45, 2.75) is 11.6 Å². The molecule has 0 radical (unpaired) electrons. The van der Waals surface area contributed by atoms with Gasteiger partial charge in [-0.25, -0.2) is 4.98 Å². The summed E-state index contributed by atoms with van der Waals surface area (Å²) in [6, 6.07) is 4.06. The van der Waals surface area contributed by atoms with Gasteiger partial charge in [0.25, 0.3) is 0 Å². The van der Waals surface area contributed by atoms with Gasteiger partial charge in [-0.15, -0.1) is 11.8 Å². The molecule has 0 saturated carbocycles. The number of methoxy groups -OCH3 is 1. The lowest BCUT2D eigenvalue weighted by atomic mass is 10.3. The van der Waals surface area contributed by atoms with Crippen molar-refractivity contribution in [2.24, 2.45) is 0 Å². The first-order chi connectivity index (χ1) is 6.88. The molecule has 0 aliphatic carbocycles. The van der Waals surface area contributed by atoms with E-state index in [1.807, 2.05) is 19.3 Å². The third-order valence-corrected chi connectivity index (χ3v) is 2.76. The van der Waals surface area contributed by atoms with Crippen LogP contribution in [0.5, 0.6) is 0 Å². The van der Waals surface area contributed by atoms with Gasteiger partial charge in [0.15, 0.2) is 0 Å². The molecule has 1 heterocycles. The Morgan fingerprint density at radius 3 is 3.14 bits per heavy atom. The smallest absolute Gasteiger partial charge is 0.101 e. The molecule has 0 fully saturated rings. The van der Waals surface area contributed by atoms with Crippen molar-refractivity contribution in [2.75, 3.05) is 26.5 Å². The van der Waals surface area contributed by atoms with Crippen LogP contribution in [0.2, 0.25) is 0 Å². The van der Waals surface area contributed by atoms with Crippen molar-refractivity contribution in [3.8, 4) is 0 Å². The van der Waals surface area contributed by atoms with Crippen molar-refractivity contribution in [1.82, 2.24) is 10.3 Å². The van der Waals surface area contributed by atoms with E-state index in [0.29, 0.717) is 0 Å². The third-order valence-electron chi connectivity index (χ3n) is 1.74. The molecule has 0 spiro atoms. The second-order valence-electron chi connectivity index (χ2n) is 2.84. The summed E-state index contributed by atoms with van der Waals surface area (Å²) in [6.45, 7) is 1.63. The summed E-state index contributed by atoms with van der Waals surface area (Å²) < 4.78 is 5.00. The SMILES string of the molecule is CNCc1cccnc1SCCOC. The number of thioether (sulfide) groups is 1. The van der Waals surface area contributed by atoms with Gasteiger partial charge in [-0.1, -0.05) is 6.07 Å². The summed E-state index contributed by atoms with van der Waals surface area (Å²) in [5, 5.41) is 4.23. The van der Waals surface area contributed by atoms with E-state index in [1.165, 1.54) is 5.56 Å². The molecule has 3 nitrogen and oxygen atoms in total. The first-order valence-electron chi connectivity index (χ1n) is 4.58. The molecule has 4 heteroatoms. The molecule has 1 aromatic heterocycles. The monoisotopic (exact) mass is 212 g/mol. The number of rotatable bonds is 6. The zero-order chi connectivity index (χ0) is 10.2. The van der Waals surface area contributed by atoms with Gasteiger partial charge >= 0.3 is 0 Å². The van der Waals surface area contributed by atoms with Crippen LogP contribution >= 0.6 is 11.8 Å². The Morgan fingerprint density at radius 2 is 2.43 bits per heavy atom. The van der Waals surface area contributed by atoms with Crippen LogP contribution in [0.4, 0.5) is 0 Å². The summed E-state index contributed by atoms with van der Waals surface area (Å²) in [6.07, 6.45) is 1.83. The second-order valence-corrected chi connectivity index (χ2v) is 3.92. The van der Waals surface area contributed by atoms with Crippen LogP contribution in [0.15, 0.2) is 23.4 Å². The minimum Gasteiger partial charge on any atom is -0.384 e. The van der Waals surface area contributed by atoms with Gasteiger partial charge in [-0.05, 0) is 18.7 Å². The van der Waals surface area contributed by atoms with E-state index in [2.05, 4.69) is 16.4 Å². The Hall–Kier alpha value is -0.580. The van der Waals surface area contributed by atoms with Gasteiger partial charge in [0.2, 0.25) is 0 Å². The van der Waals surface area contributed by atoms with Crippen LogP contribution in [-0.2, 0) is 11.3 Å². The van der Waals surface area contributed by atoms with Crippen LogP contribution in [0.25, 0.3) is 0 Å². The van der Waals surface area contributed by atoms with Gasteiger partial charge in [-0.3, -0.25) is 0 Å².